The molecule has 0 spiro atoms. The summed E-state index contributed by atoms with van der Waals surface area (Å²) in [5.41, 5.74) is 3.27. The predicted octanol–water partition coefficient (Wildman–Crippen LogP) is 1.53. The number of aryl methyl sites for hydroxylation is 1. The molecule has 2 aromatic heterocycles. The van der Waals surface area contributed by atoms with Gasteiger partial charge in [0.05, 0.1) is 11.9 Å². The Hall–Kier alpha value is -1.75. The van der Waals surface area contributed by atoms with Crippen molar-refractivity contribution in [3.63, 3.8) is 0 Å². The minimum atomic E-state index is 0.715. The molecular weight excluding hydrogens is 226 g/mol. The normalized spacial score (nSPS) is 15.0. The first-order valence-corrected chi connectivity index (χ1v) is 6.31. The fourth-order valence-electron chi connectivity index (χ4n) is 1.89. The highest BCUT2D eigenvalue weighted by Crippen LogP contribution is 2.20. The Morgan fingerprint density at radius 1 is 1.28 bits per heavy atom. The maximum Gasteiger partial charge on any atom is 0.175 e. The highest BCUT2D eigenvalue weighted by atomic mass is 15.3. The van der Waals surface area contributed by atoms with Crippen LogP contribution in [0.3, 0.4) is 0 Å². The van der Waals surface area contributed by atoms with E-state index in [9.17, 15) is 0 Å². The molecule has 0 saturated heterocycles. The van der Waals surface area contributed by atoms with Crippen LogP contribution in [-0.2, 0) is 6.54 Å². The lowest BCUT2D eigenvalue weighted by molar-refractivity contribution is 0.683. The first-order chi connectivity index (χ1) is 8.74. The molecule has 0 radical (unpaired) electrons. The van der Waals surface area contributed by atoms with Crippen molar-refractivity contribution in [1.29, 1.82) is 0 Å². The highest BCUT2D eigenvalue weighted by molar-refractivity contribution is 5.27. The third-order valence-corrected chi connectivity index (χ3v) is 3.27. The van der Waals surface area contributed by atoms with Gasteiger partial charge < -0.3 is 5.32 Å². The summed E-state index contributed by atoms with van der Waals surface area (Å²) in [4.78, 5) is 0. The van der Waals surface area contributed by atoms with Crippen molar-refractivity contribution in [2.24, 2.45) is 0 Å². The molecule has 18 heavy (non-hydrogen) atoms. The first-order valence-electron chi connectivity index (χ1n) is 6.31. The number of nitrogens with zero attached hydrogens (tertiary/aromatic N) is 4. The molecule has 0 unspecified atom stereocenters. The van der Waals surface area contributed by atoms with Crippen LogP contribution in [0.15, 0.2) is 18.3 Å². The van der Waals surface area contributed by atoms with Crippen LogP contribution in [0, 0.1) is 13.8 Å². The number of hydrogen-bond acceptors (Lipinski definition) is 4. The van der Waals surface area contributed by atoms with Gasteiger partial charge in [0, 0.05) is 23.8 Å². The van der Waals surface area contributed by atoms with Crippen LogP contribution in [0.5, 0.6) is 0 Å². The van der Waals surface area contributed by atoms with E-state index in [4.69, 9.17) is 0 Å². The van der Waals surface area contributed by atoms with Gasteiger partial charge in [-0.25, -0.2) is 4.68 Å². The van der Waals surface area contributed by atoms with Crippen molar-refractivity contribution in [1.82, 2.24) is 25.3 Å². The van der Waals surface area contributed by atoms with Crippen LogP contribution in [0.2, 0.25) is 0 Å². The van der Waals surface area contributed by atoms with Crippen LogP contribution < -0.4 is 5.32 Å². The maximum atomic E-state index is 4.39. The number of aromatic nitrogens is 4. The van der Waals surface area contributed by atoms with Crippen molar-refractivity contribution in [3.05, 3.63) is 35.3 Å². The van der Waals surface area contributed by atoms with Gasteiger partial charge in [0.15, 0.2) is 5.82 Å². The highest BCUT2D eigenvalue weighted by Gasteiger charge is 2.21. The van der Waals surface area contributed by atoms with Gasteiger partial charge in [0.25, 0.3) is 0 Å². The zero-order valence-electron chi connectivity index (χ0n) is 10.7. The largest absolute Gasteiger partial charge is 0.310 e. The van der Waals surface area contributed by atoms with Crippen molar-refractivity contribution in [3.8, 4) is 5.82 Å². The molecule has 0 aliphatic heterocycles. The van der Waals surface area contributed by atoms with Crippen LogP contribution in [-0.4, -0.2) is 26.0 Å². The quantitative estimate of drug-likeness (QED) is 0.884. The SMILES string of the molecule is Cc1ccc(-n2ncc(CNC3CC3)c2C)nn1. The van der Waals surface area contributed by atoms with E-state index in [0.29, 0.717) is 6.04 Å². The predicted molar refractivity (Wildman–Crippen MR) is 68.5 cm³/mol. The first kappa shape index (κ1) is 11.3. The topological polar surface area (TPSA) is 55.6 Å². The monoisotopic (exact) mass is 243 g/mol. The second-order valence-electron chi connectivity index (χ2n) is 4.86. The zero-order chi connectivity index (χ0) is 12.5. The Labute approximate surface area is 106 Å². The Morgan fingerprint density at radius 2 is 2.11 bits per heavy atom. The molecule has 3 rings (SSSR count). The molecule has 0 atom stereocenters. The lowest BCUT2D eigenvalue weighted by Crippen LogP contribution is -2.15. The molecule has 1 aliphatic rings. The van der Waals surface area contributed by atoms with E-state index in [1.54, 1.807) is 0 Å². The summed E-state index contributed by atoms with van der Waals surface area (Å²) < 4.78 is 1.84. The molecule has 94 valence electrons. The van der Waals surface area contributed by atoms with E-state index in [1.807, 2.05) is 29.9 Å². The van der Waals surface area contributed by atoms with Crippen molar-refractivity contribution >= 4 is 0 Å². The summed E-state index contributed by atoms with van der Waals surface area (Å²) in [5.74, 6) is 0.774. The molecule has 1 N–H and O–H groups in total. The van der Waals surface area contributed by atoms with Crippen LogP contribution >= 0.6 is 0 Å². The van der Waals surface area contributed by atoms with Gasteiger partial charge >= 0.3 is 0 Å². The summed E-state index contributed by atoms with van der Waals surface area (Å²) in [6.07, 6.45) is 4.51. The van der Waals surface area contributed by atoms with E-state index in [-0.39, 0.29) is 0 Å². The average Bonchev–Trinajstić information content (AvgIpc) is 3.13. The van der Waals surface area contributed by atoms with Crippen LogP contribution in [0.4, 0.5) is 0 Å². The van der Waals surface area contributed by atoms with Crippen LogP contribution in [0.1, 0.15) is 29.8 Å². The van der Waals surface area contributed by atoms with E-state index >= 15 is 0 Å². The second-order valence-corrected chi connectivity index (χ2v) is 4.86. The third-order valence-electron chi connectivity index (χ3n) is 3.27. The van der Waals surface area contributed by atoms with Gasteiger partial charge in [-0.15, -0.1) is 5.10 Å². The van der Waals surface area contributed by atoms with E-state index in [0.717, 1.165) is 23.8 Å². The Kier molecular flexibility index (Phi) is 2.83. The molecule has 1 aliphatic carbocycles. The molecule has 0 aromatic carbocycles. The Balaban J connectivity index is 1.81. The molecular formula is C13H17N5. The zero-order valence-corrected chi connectivity index (χ0v) is 10.7. The number of rotatable bonds is 4. The lowest BCUT2D eigenvalue weighted by atomic mass is 10.2. The molecule has 0 amide bonds. The molecule has 1 saturated carbocycles. The molecule has 2 aromatic rings. The van der Waals surface area contributed by atoms with Crippen LogP contribution in [0.25, 0.3) is 5.82 Å². The molecule has 5 nitrogen and oxygen atoms in total. The van der Waals surface area contributed by atoms with Gasteiger partial charge in [0.2, 0.25) is 0 Å². The third kappa shape index (κ3) is 2.26. The standard InChI is InChI=1S/C13H17N5/c1-9-3-6-13(17-16-9)18-10(2)11(8-15-18)7-14-12-4-5-12/h3,6,8,12,14H,4-5,7H2,1-2H3. The minimum absolute atomic E-state index is 0.715. The van der Waals surface area contributed by atoms with Gasteiger partial charge in [-0.3, -0.25) is 0 Å². The minimum Gasteiger partial charge on any atom is -0.310 e. The van der Waals surface area contributed by atoms with E-state index in [2.05, 4.69) is 27.5 Å². The fraction of sp³-hybridized carbons (Fsp3) is 0.462. The molecule has 5 heteroatoms. The average molecular weight is 243 g/mol. The molecule has 1 fully saturated rings. The lowest BCUT2D eigenvalue weighted by Gasteiger charge is -2.05. The number of hydrogen-bond donors (Lipinski definition) is 1. The molecule has 2 heterocycles. The second kappa shape index (κ2) is 4.49. The van der Waals surface area contributed by atoms with Gasteiger partial charge in [0.1, 0.15) is 0 Å². The smallest absolute Gasteiger partial charge is 0.175 e. The summed E-state index contributed by atoms with van der Waals surface area (Å²) in [6.45, 7) is 4.88. The van der Waals surface area contributed by atoms with Crippen molar-refractivity contribution in [2.45, 2.75) is 39.3 Å². The summed E-state index contributed by atoms with van der Waals surface area (Å²) >= 11 is 0. The van der Waals surface area contributed by atoms with Gasteiger partial charge in [-0.05, 0) is 38.8 Å². The van der Waals surface area contributed by atoms with E-state index in [1.165, 1.54) is 18.4 Å². The summed E-state index contributed by atoms with van der Waals surface area (Å²) in [5, 5.41) is 16.1. The summed E-state index contributed by atoms with van der Waals surface area (Å²) in [6, 6.07) is 4.61. The van der Waals surface area contributed by atoms with Gasteiger partial charge in [-0.1, -0.05) is 0 Å². The van der Waals surface area contributed by atoms with Gasteiger partial charge in [-0.2, -0.15) is 10.2 Å². The molecule has 0 bridgehead atoms. The van der Waals surface area contributed by atoms with E-state index < -0.39 is 0 Å². The Morgan fingerprint density at radius 3 is 2.78 bits per heavy atom. The Bertz CT molecular complexity index is 539. The van der Waals surface area contributed by atoms with Crippen molar-refractivity contribution < 1.29 is 0 Å². The fourth-order valence-corrected chi connectivity index (χ4v) is 1.89. The summed E-state index contributed by atoms with van der Waals surface area (Å²) in [7, 11) is 0. The van der Waals surface area contributed by atoms with Crippen molar-refractivity contribution in [2.75, 3.05) is 0 Å². The number of nitrogens with one attached hydrogen (secondary N) is 1. The maximum absolute atomic E-state index is 4.39.